The summed E-state index contributed by atoms with van der Waals surface area (Å²) >= 11 is 0. The SMILES string of the molecule is C=CC(=O)N1CCC[C@@H](Nc2nc(Nc3ccc(CN4CCOCC4)cc3)c(C(N)=O)c(C)c2F)C1. The van der Waals surface area contributed by atoms with E-state index in [1.807, 2.05) is 24.3 Å². The lowest BCUT2D eigenvalue weighted by Crippen LogP contribution is -2.44. The van der Waals surface area contributed by atoms with Crippen LogP contribution in [0.1, 0.15) is 34.3 Å². The Kier molecular flexibility index (Phi) is 8.17. The van der Waals surface area contributed by atoms with Crippen molar-refractivity contribution in [3.63, 3.8) is 0 Å². The fraction of sp³-hybridized carbons (Fsp3) is 0.423. The highest BCUT2D eigenvalue weighted by Gasteiger charge is 2.26. The number of rotatable bonds is 8. The summed E-state index contributed by atoms with van der Waals surface area (Å²) in [6.07, 6.45) is 2.81. The number of ether oxygens (including phenoxy) is 1. The Labute approximate surface area is 210 Å². The molecule has 1 aromatic heterocycles. The number of likely N-dealkylation sites (tertiary alicyclic amines) is 1. The summed E-state index contributed by atoms with van der Waals surface area (Å²) in [5.41, 5.74) is 7.56. The molecule has 0 radical (unpaired) electrons. The van der Waals surface area contributed by atoms with Crippen molar-refractivity contribution in [2.24, 2.45) is 5.73 Å². The van der Waals surface area contributed by atoms with Gasteiger partial charge in [0, 0.05) is 50.0 Å². The van der Waals surface area contributed by atoms with Crippen molar-refractivity contribution < 1.29 is 18.7 Å². The van der Waals surface area contributed by atoms with E-state index in [9.17, 15) is 9.59 Å². The summed E-state index contributed by atoms with van der Waals surface area (Å²) in [5.74, 6) is -1.36. The van der Waals surface area contributed by atoms with Gasteiger partial charge in [-0.1, -0.05) is 18.7 Å². The molecular weight excluding hydrogens is 463 g/mol. The Balaban J connectivity index is 1.53. The van der Waals surface area contributed by atoms with Crippen molar-refractivity contribution in [3.8, 4) is 0 Å². The van der Waals surface area contributed by atoms with Gasteiger partial charge in [-0.3, -0.25) is 14.5 Å². The fourth-order valence-electron chi connectivity index (χ4n) is 4.63. The number of halogens is 1. The van der Waals surface area contributed by atoms with Crippen molar-refractivity contribution in [1.82, 2.24) is 14.8 Å². The molecule has 192 valence electrons. The number of nitrogens with zero attached hydrogens (tertiary/aromatic N) is 3. The number of carbonyl (C=O) groups is 2. The van der Waals surface area contributed by atoms with Crippen LogP contribution in [0.15, 0.2) is 36.9 Å². The van der Waals surface area contributed by atoms with Gasteiger partial charge >= 0.3 is 0 Å². The summed E-state index contributed by atoms with van der Waals surface area (Å²) in [5, 5.41) is 6.26. The predicted octanol–water partition coefficient (Wildman–Crippen LogP) is 2.79. The molecular formula is C26H33FN6O3. The van der Waals surface area contributed by atoms with Crippen LogP contribution in [0.3, 0.4) is 0 Å². The summed E-state index contributed by atoms with van der Waals surface area (Å²) in [7, 11) is 0. The molecule has 0 saturated carbocycles. The van der Waals surface area contributed by atoms with E-state index in [2.05, 4.69) is 27.1 Å². The molecule has 36 heavy (non-hydrogen) atoms. The molecule has 4 rings (SSSR count). The minimum atomic E-state index is -0.766. The number of morpholine rings is 1. The van der Waals surface area contributed by atoms with Gasteiger partial charge in [-0.25, -0.2) is 9.37 Å². The third-order valence-electron chi connectivity index (χ3n) is 6.59. The van der Waals surface area contributed by atoms with Crippen LogP contribution in [-0.4, -0.2) is 72.0 Å². The van der Waals surface area contributed by atoms with Gasteiger partial charge in [0.2, 0.25) is 5.91 Å². The number of pyridine rings is 1. The van der Waals surface area contributed by atoms with Crippen molar-refractivity contribution in [1.29, 1.82) is 0 Å². The van der Waals surface area contributed by atoms with Crippen molar-refractivity contribution in [3.05, 3.63) is 59.4 Å². The van der Waals surface area contributed by atoms with Gasteiger partial charge in [0.25, 0.3) is 5.91 Å². The van der Waals surface area contributed by atoms with E-state index >= 15 is 4.39 Å². The van der Waals surface area contributed by atoms with Crippen LogP contribution in [0.4, 0.5) is 21.7 Å². The van der Waals surface area contributed by atoms with Gasteiger partial charge < -0.3 is 26.0 Å². The lowest BCUT2D eigenvalue weighted by Gasteiger charge is -2.33. The molecule has 2 fully saturated rings. The number of nitrogens with one attached hydrogen (secondary N) is 2. The second-order valence-electron chi connectivity index (χ2n) is 9.17. The van der Waals surface area contributed by atoms with E-state index in [0.717, 1.165) is 51.3 Å². The molecule has 9 nitrogen and oxygen atoms in total. The molecule has 3 heterocycles. The molecule has 0 unspecified atom stereocenters. The van der Waals surface area contributed by atoms with Gasteiger partial charge in [-0.2, -0.15) is 0 Å². The second kappa shape index (κ2) is 11.5. The second-order valence-corrected chi connectivity index (χ2v) is 9.17. The third kappa shape index (κ3) is 6.00. The van der Waals surface area contributed by atoms with Crippen LogP contribution in [0, 0.1) is 12.7 Å². The van der Waals surface area contributed by atoms with Crippen LogP contribution in [-0.2, 0) is 16.1 Å². The number of primary amides is 1. The first-order chi connectivity index (χ1) is 17.4. The van der Waals surface area contributed by atoms with Crippen LogP contribution in [0.2, 0.25) is 0 Å². The monoisotopic (exact) mass is 496 g/mol. The first-order valence-electron chi connectivity index (χ1n) is 12.2. The Morgan fingerprint density at radius 1 is 1.22 bits per heavy atom. The normalized spacial score (nSPS) is 18.5. The number of aromatic nitrogens is 1. The van der Waals surface area contributed by atoms with Gasteiger partial charge in [-0.15, -0.1) is 0 Å². The number of hydrogen-bond acceptors (Lipinski definition) is 7. The summed E-state index contributed by atoms with van der Waals surface area (Å²) in [6, 6.07) is 7.62. The molecule has 4 N–H and O–H groups in total. The summed E-state index contributed by atoms with van der Waals surface area (Å²) in [6.45, 7) is 10.2. The molecule has 0 bridgehead atoms. The molecule has 2 saturated heterocycles. The van der Waals surface area contributed by atoms with Gasteiger partial charge in [-0.05, 0) is 43.5 Å². The highest BCUT2D eigenvalue weighted by Crippen LogP contribution is 2.29. The third-order valence-corrected chi connectivity index (χ3v) is 6.59. The lowest BCUT2D eigenvalue weighted by molar-refractivity contribution is -0.127. The molecule has 2 amide bonds. The van der Waals surface area contributed by atoms with Crippen molar-refractivity contribution in [2.45, 2.75) is 32.4 Å². The molecule has 2 aromatic rings. The Morgan fingerprint density at radius 3 is 2.61 bits per heavy atom. The van der Waals surface area contributed by atoms with Crippen LogP contribution >= 0.6 is 0 Å². The van der Waals surface area contributed by atoms with Crippen molar-refractivity contribution in [2.75, 3.05) is 50.0 Å². The Morgan fingerprint density at radius 2 is 1.94 bits per heavy atom. The Bertz CT molecular complexity index is 1120. The number of piperidine rings is 1. The van der Waals surface area contributed by atoms with Crippen LogP contribution in [0.25, 0.3) is 0 Å². The average molecular weight is 497 g/mol. The largest absolute Gasteiger partial charge is 0.379 e. The smallest absolute Gasteiger partial charge is 0.252 e. The maximum absolute atomic E-state index is 15.2. The van der Waals surface area contributed by atoms with Gasteiger partial charge in [0.15, 0.2) is 11.6 Å². The molecule has 1 aromatic carbocycles. The number of nitrogens with two attached hydrogens (primary N) is 1. The van der Waals surface area contributed by atoms with E-state index in [1.165, 1.54) is 13.0 Å². The zero-order valence-corrected chi connectivity index (χ0v) is 20.6. The molecule has 2 aliphatic heterocycles. The first kappa shape index (κ1) is 25.6. The maximum atomic E-state index is 15.2. The fourth-order valence-corrected chi connectivity index (χ4v) is 4.63. The molecule has 0 aliphatic carbocycles. The topological polar surface area (TPSA) is 113 Å². The summed E-state index contributed by atoms with van der Waals surface area (Å²) in [4.78, 5) is 32.6. The predicted molar refractivity (Wildman–Crippen MR) is 137 cm³/mol. The zero-order valence-electron chi connectivity index (χ0n) is 20.6. The van der Waals surface area contributed by atoms with Crippen molar-refractivity contribution >= 4 is 29.1 Å². The van der Waals surface area contributed by atoms with E-state index in [4.69, 9.17) is 10.5 Å². The molecule has 10 heteroatoms. The molecule has 1 atom stereocenters. The van der Waals surface area contributed by atoms with Crippen LogP contribution in [0.5, 0.6) is 0 Å². The molecule has 2 aliphatic rings. The quantitative estimate of drug-likeness (QED) is 0.482. The van der Waals surface area contributed by atoms with E-state index in [-0.39, 0.29) is 34.7 Å². The van der Waals surface area contributed by atoms with Crippen LogP contribution < -0.4 is 16.4 Å². The number of amides is 2. The number of benzene rings is 1. The first-order valence-corrected chi connectivity index (χ1v) is 12.2. The Hall–Kier alpha value is -3.50. The van der Waals surface area contributed by atoms with E-state index in [0.29, 0.717) is 18.8 Å². The minimum absolute atomic E-state index is 0.00236. The summed E-state index contributed by atoms with van der Waals surface area (Å²) < 4.78 is 20.6. The zero-order chi connectivity index (χ0) is 25.7. The average Bonchev–Trinajstić information content (AvgIpc) is 2.88. The number of hydrogen-bond donors (Lipinski definition) is 3. The lowest BCUT2D eigenvalue weighted by atomic mass is 10.0. The van der Waals surface area contributed by atoms with Gasteiger partial charge in [0.05, 0.1) is 18.8 Å². The van der Waals surface area contributed by atoms with Gasteiger partial charge in [0.1, 0.15) is 5.82 Å². The number of anilines is 3. The minimum Gasteiger partial charge on any atom is -0.379 e. The van der Waals surface area contributed by atoms with E-state index in [1.54, 1.807) is 4.90 Å². The van der Waals surface area contributed by atoms with E-state index < -0.39 is 11.7 Å². The molecule has 0 spiro atoms. The maximum Gasteiger partial charge on any atom is 0.252 e. The standard InChI is InChI=1S/C26H33FN6O3/c1-3-21(34)33-10-4-5-20(16-33)30-26-23(27)17(2)22(24(28)35)25(31-26)29-19-8-6-18(7-9-19)15-32-11-13-36-14-12-32/h3,6-9,20H,1,4-5,10-16H2,2H3,(H2,28,35)(H2,29,30,31)/t20-/m1/s1. The number of carbonyl (C=O) groups excluding carboxylic acids is 2. The highest BCUT2D eigenvalue weighted by atomic mass is 19.1. The highest BCUT2D eigenvalue weighted by molar-refractivity contribution is 6.00.